The second-order valence-electron chi connectivity index (χ2n) is 9.10. The number of amides is 3. The van der Waals surface area contributed by atoms with E-state index < -0.39 is 5.54 Å². The summed E-state index contributed by atoms with van der Waals surface area (Å²) in [6.07, 6.45) is 2.38. The number of halogens is 1. The van der Waals surface area contributed by atoms with Gasteiger partial charge in [-0.05, 0) is 51.4 Å². The van der Waals surface area contributed by atoms with E-state index in [0.29, 0.717) is 29.0 Å². The monoisotopic (exact) mass is 442 g/mol. The summed E-state index contributed by atoms with van der Waals surface area (Å²) in [6.45, 7) is 8.08. The van der Waals surface area contributed by atoms with Crippen molar-refractivity contribution in [2.24, 2.45) is 0 Å². The molecule has 31 heavy (non-hydrogen) atoms. The molecular formula is C22H27ClN6O2. The first kappa shape index (κ1) is 20.3. The molecule has 1 aromatic heterocycles. The zero-order valence-corrected chi connectivity index (χ0v) is 18.6. The Morgan fingerprint density at radius 1 is 1.26 bits per heavy atom. The molecule has 1 unspecified atom stereocenters. The van der Waals surface area contributed by atoms with Gasteiger partial charge in [-0.15, -0.1) is 0 Å². The lowest BCUT2D eigenvalue weighted by molar-refractivity contribution is 0.0712. The fourth-order valence-electron chi connectivity index (χ4n) is 5.07. The van der Waals surface area contributed by atoms with Gasteiger partial charge in [0.1, 0.15) is 0 Å². The van der Waals surface area contributed by atoms with Crippen molar-refractivity contribution in [1.29, 1.82) is 0 Å². The summed E-state index contributed by atoms with van der Waals surface area (Å²) in [7, 11) is 0. The molecule has 0 aliphatic carbocycles. The quantitative estimate of drug-likeness (QED) is 0.747. The predicted octanol–water partition coefficient (Wildman–Crippen LogP) is 3.27. The van der Waals surface area contributed by atoms with Crippen molar-refractivity contribution in [3.63, 3.8) is 0 Å². The van der Waals surface area contributed by atoms with Crippen LogP contribution < -0.4 is 5.32 Å². The first-order valence-electron chi connectivity index (χ1n) is 10.8. The number of hydrogen-bond acceptors (Lipinski definition) is 4. The Bertz CT molecular complexity index is 1030. The normalized spacial score (nSPS) is 22.4. The SMILES string of the molecule is CC1(C)c2[nH]nc(NC(=O)c3cccc(Cl)c3)c2CN1C(=O)N1CCN2CCCC2C1. The highest BCUT2D eigenvalue weighted by atomic mass is 35.5. The maximum Gasteiger partial charge on any atom is 0.321 e. The highest BCUT2D eigenvalue weighted by Crippen LogP contribution is 2.41. The summed E-state index contributed by atoms with van der Waals surface area (Å²) < 4.78 is 0. The van der Waals surface area contributed by atoms with Crippen molar-refractivity contribution >= 4 is 29.4 Å². The summed E-state index contributed by atoms with van der Waals surface area (Å²) in [5, 5.41) is 10.8. The number of benzene rings is 1. The van der Waals surface area contributed by atoms with E-state index >= 15 is 0 Å². The molecule has 4 heterocycles. The van der Waals surface area contributed by atoms with Crippen LogP contribution in [0.5, 0.6) is 0 Å². The Kier molecular flexibility index (Phi) is 4.94. The maximum atomic E-state index is 13.5. The van der Waals surface area contributed by atoms with Crippen molar-refractivity contribution in [2.75, 3.05) is 31.5 Å². The number of urea groups is 1. The van der Waals surface area contributed by atoms with Crippen molar-refractivity contribution in [3.8, 4) is 0 Å². The number of nitrogens with zero attached hydrogens (tertiary/aromatic N) is 4. The molecule has 5 rings (SSSR count). The van der Waals surface area contributed by atoms with E-state index in [0.717, 1.165) is 43.9 Å². The summed E-state index contributed by atoms with van der Waals surface area (Å²) in [5.74, 6) is 0.181. The molecule has 3 amide bonds. The van der Waals surface area contributed by atoms with Crippen LogP contribution in [0.15, 0.2) is 24.3 Å². The molecule has 0 radical (unpaired) electrons. The molecule has 2 saturated heterocycles. The number of aromatic nitrogens is 2. The number of carbonyl (C=O) groups is 2. The van der Waals surface area contributed by atoms with Crippen molar-refractivity contribution in [2.45, 2.75) is 44.8 Å². The van der Waals surface area contributed by atoms with Gasteiger partial charge >= 0.3 is 6.03 Å². The van der Waals surface area contributed by atoms with E-state index in [1.54, 1.807) is 24.3 Å². The van der Waals surface area contributed by atoms with Crippen LogP contribution in [-0.2, 0) is 12.1 Å². The van der Waals surface area contributed by atoms with E-state index in [2.05, 4.69) is 20.4 Å². The minimum Gasteiger partial charge on any atom is -0.322 e. The highest BCUT2D eigenvalue weighted by molar-refractivity contribution is 6.31. The lowest BCUT2D eigenvalue weighted by Gasteiger charge is -2.42. The first-order valence-corrected chi connectivity index (χ1v) is 11.2. The Labute approximate surface area is 186 Å². The first-order chi connectivity index (χ1) is 14.8. The van der Waals surface area contributed by atoms with Gasteiger partial charge in [0.25, 0.3) is 5.91 Å². The molecule has 164 valence electrons. The molecule has 8 nitrogen and oxygen atoms in total. The standard InChI is InChI=1S/C22H27ClN6O2/c1-22(2)18-17(19(26-25-18)24-20(30)14-5-3-6-15(23)11-14)13-29(22)21(31)28-10-9-27-8-4-7-16(27)12-28/h3,5-6,11,16H,4,7-10,12-13H2,1-2H3,(H2,24,25,26,30). The zero-order valence-electron chi connectivity index (χ0n) is 17.8. The second kappa shape index (κ2) is 7.53. The van der Waals surface area contributed by atoms with Gasteiger partial charge in [0.05, 0.1) is 17.8 Å². The molecule has 2 aromatic rings. The summed E-state index contributed by atoms with van der Waals surface area (Å²) in [5.41, 5.74) is 1.64. The van der Waals surface area contributed by atoms with Gasteiger partial charge < -0.3 is 15.1 Å². The van der Waals surface area contributed by atoms with Gasteiger partial charge in [-0.2, -0.15) is 5.10 Å². The molecular weight excluding hydrogens is 416 g/mol. The smallest absolute Gasteiger partial charge is 0.321 e. The van der Waals surface area contributed by atoms with Crippen LogP contribution in [-0.4, -0.2) is 69.1 Å². The number of carbonyl (C=O) groups excluding carboxylic acids is 2. The average Bonchev–Trinajstić information content (AvgIpc) is 3.43. The Morgan fingerprint density at radius 3 is 2.90 bits per heavy atom. The van der Waals surface area contributed by atoms with E-state index in [9.17, 15) is 9.59 Å². The van der Waals surface area contributed by atoms with Crippen LogP contribution in [0.3, 0.4) is 0 Å². The van der Waals surface area contributed by atoms with Gasteiger partial charge in [-0.1, -0.05) is 17.7 Å². The molecule has 9 heteroatoms. The molecule has 1 atom stereocenters. The van der Waals surface area contributed by atoms with Crippen LogP contribution >= 0.6 is 11.6 Å². The minimum atomic E-state index is -0.536. The van der Waals surface area contributed by atoms with Crippen LogP contribution in [0.25, 0.3) is 0 Å². The third kappa shape index (κ3) is 3.47. The van der Waals surface area contributed by atoms with E-state index in [1.807, 2.05) is 23.6 Å². The molecule has 0 saturated carbocycles. The summed E-state index contributed by atoms with van der Waals surface area (Å²) in [4.78, 5) is 32.5. The largest absolute Gasteiger partial charge is 0.322 e. The van der Waals surface area contributed by atoms with Crippen LogP contribution in [0.2, 0.25) is 5.02 Å². The highest BCUT2D eigenvalue weighted by Gasteiger charge is 2.46. The van der Waals surface area contributed by atoms with Gasteiger partial charge in [-0.3, -0.25) is 14.8 Å². The molecule has 1 aromatic carbocycles. The van der Waals surface area contributed by atoms with Crippen LogP contribution in [0.1, 0.15) is 48.3 Å². The fourth-order valence-corrected chi connectivity index (χ4v) is 5.26. The van der Waals surface area contributed by atoms with Crippen LogP contribution in [0, 0.1) is 0 Å². The summed E-state index contributed by atoms with van der Waals surface area (Å²) in [6, 6.07) is 7.31. The Morgan fingerprint density at radius 2 is 2.10 bits per heavy atom. The number of anilines is 1. The molecule has 0 bridgehead atoms. The van der Waals surface area contributed by atoms with Crippen LogP contribution in [0.4, 0.5) is 10.6 Å². The van der Waals surface area contributed by atoms with Crippen molar-refractivity contribution in [1.82, 2.24) is 24.9 Å². The molecule has 2 fully saturated rings. The number of piperazine rings is 1. The van der Waals surface area contributed by atoms with Gasteiger partial charge in [0.15, 0.2) is 5.82 Å². The number of rotatable bonds is 2. The molecule has 2 N–H and O–H groups in total. The third-order valence-corrected chi connectivity index (χ3v) is 7.11. The van der Waals surface area contributed by atoms with E-state index in [4.69, 9.17) is 11.6 Å². The number of H-pyrrole nitrogens is 1. The van der Waals surface area contributed by atoms with Crippen molar-refractivity contribution in [3.05, 3.63) is 46.1 Å². The number of fused-ring (bicyclic) bond motifs is 2. The second-order valence-corrected chi connectivity index (χ2v) is 9.53. The minimum absolute atomic E-state index is 0.0493. The van der Waals surface area contributed by atoms with Crippen molar-refractivity contribution < 1.29 is 9.59 Å². The fraction of sp³-hybridized carbons (Fsp3) is 0.500. The third-order valence-electron chi connectivity index (χ3n) is 6.88. The molecule has 3 aliphatic rings. The number of hydrogen-bond donors (Lipinski definition) is 2. The average molecular weight is 443 g/mol. The Hall–Kier alpha value is -2.58. The van der Waals surface area contributed by atoms with E-state index in [-0.39, 0.29) is 11.9 Å². The predicted molar refractivity (Wildman–Crippen MR) is 118 cm³/mol. The van der Waals surface area contributed by atoms with Gasteiger partial charge in [0.2, 0.25) is 0 Å². The molecule has 0 spiro atoms. The van der Waals surface area contributed by atoms with E-state index in [1.165, 1.54) is 6.42 Å². The van der Waals surface area contributed by atoms with Gasteiger partial charge in [0, 0.05) is 41.8 Å². The maximum absolute atomic E-state index is 13.5. The zero-order chi connectivity index (χ0) is 21.8. The molecule has 3 aliphatic heterocycles. The van der Waals surface area contributed by atoms with Gasteiger partial charge in [-0.25, -0.2) is 4.79 Å². The number of aromatic amines is 1. The Balaban J connectivity index is 1.33. The topological polar surface area (TPSA) is 84.6 Å². The lowest BCUT2D eigenvalue weighted by Crippen LogP contribution is -2.57. The lowest BCUT2D eigenvalue weighted by atomic mass is 10.0. The number of nitrogens with one attached hydrogen (secondary N) is 2. The summed E-state index contributed by atoms with van der Waals surface area (Å²) >= 11 is 6.01.